The molecule has 0 radical (unpaired) electrons. The van der Waals surface area contributed by atoms with Crippen molar-refractivity contribution < 1.29 is 23.5 Å². The van der Waals surface area contributed by atoms with Gasteiger partial charge in [-0.1, -0.05) is 0 Å². The number of furan rings is 1. The maximum atomic E-state index is 11.5. The highest BCUT2D eigenvalue weighted by Crippen LogP contribution is 2.29. The van der Waals surface area contributed by atoms with Gasteiger partial charge in [-0.3, -0.25) is 9.78 Å². The number of rotatable bonds is 4. The molecule has 1 fully saturated rings. The third-order valence-corrected chi connectivity index (χ3v) is 5.18. The highest BCUT2D eigenvalue weighted by molar-refractivity contribution is 6.06. The lowest BCUT2D eigenvalue weighted by molar-refractivity contribution is 0.0295. The van der Waals surface area contributed by atoms with E-state index in [1.165, 1.54) is 0 Å². The van der Waals surface area contributed by atoms with Crippen molar-refractivity contribution in [3.05, 3.63) is 59.1 Å². The third-order valence-electron chi connectivity index (χ3n) is 5.18. The molecule has 8 nitrogen and oxygen atoms in total. The lowest BCUT2D eigenvalue weighted by atomic mass is 10.1. The number of aryl methyl sites for hydroxylation is 2. The van der Waals surface area contributed by atoms with Crippen LogP contribution < -0.4 is 10.5 Å². The van der Waals surface area contributed by atoms with Crippen LogP contribution in [0.4, 0.5) is 4.79 Å². The predicted molar refractivity (Wildman–Crippen MR) is 130 cm³/mol. The molecule has 0 spiro atoms. The summed E-state index contributed by atoms with van der Waals surface area (Å²) in [6.07, 6.45) is 5.61. The molecule has 0 unspecified atom stereocenters. The molecule has 0 bridgehead atoms. The van der Waals surface area contributed by atoms with Crippen LogP contribution in [0, 0.1) is 13.8 Å². The summed E-state index contributed by atoms with van der Waals surface area (Å²) in [7, 11) is 0. The zero-order valence-corrected chi connectivity index (χ0v) is 20.5. The molecular weight excluding hydrogens is 434 g/mol. The zero-order valence-electron chi connectivity index (χ0n) is 20.5. The average molecular weight is 468 g/mol. The van der Waals surface area contributed by atoms with E-state index in [1.54, 1.807) is 42.4 Å². The second kappa shape index (κ2) is 10.6. The Morgan fingerprint density at radius 2 is 1.82 bits per heavy atom. The van der Waals surface area contributed by atoms with E-state index < -0.39 is 5.91 Å². The van der Waals surface area contributed by atoms with E-state index in [-0.39, 0.29) is 11.7 Å². The van der Waals surface area contributed by atoms with Gasteiger partial charge >= 0.3 is 6.09 Å². The number of nitrogens with zero attached hydrogens (tertiary/aromatic N) is 2. The Labute approximate surface area is 200 Å². The summed E-state index contributed by atoms with van der Waals surface area (Å²) < 4.78 is 16.5. The van der Waals surface area contributed by atoms with Crippen molar-refractivity contribution in [2.24, 2.45) is 5.73 Å². The number of benzene rings is 1. The van der Waals surface area contributed by atoms with E-state index in [0.717, 1.165) is 37.1 Å². The van der Waals surface area contributed by atoms with Crippen LogP contribution in [0.2, 0.25) is 0 Å². The van der Waals surface area contributed by atoms with Crippen molar-refractivity contribution in [3.63, 3.8) is 0 Å². The zero-order chi connectivity index (χ0) is 24.9. The van der Waals surface area contributed by atoms with E-state index >= 15 is 0 Å². The highest BCUT2D eigenvalue weighted by Gasteiger charge is 2.24. The Hall–Kier alpha value is -3.55. The first-order valence-electron chi connectivity index (χ1n) is 11.4. The molecule has 2 amide bonds. The highest BCUT2D eigenvalue weighted by atomic mass is 16.6. The molecule has 4 rings (SSSR count). The summed E-state index contributed by atoms with van der Waals surface area (Å²) in [5.41, 5.74) is 8.14. The van der Waals surface area contributed by atoms with Gasteiger partial charge in [-0.05, 0) is 77.3 Å². The van der Waals surface area contributed by atoms with Crippen LogP contribution in [0.15, 0.2) is 41.1 Å². The van der Waals surface area contributed by atoms with E-state index in [1.807, 2.05) is 33.8 Å². The van der Waals surface area contributed by atoms with Gasteiger partial charge in [0.15, 0.2) is 0 Å². The minimum absolute atomic E-state index is 0.167. The van der Waals surface area contributed by atoms with Gasteiger partial charge in [0.1, 0.15) is 29.3 Å². The van der Waals surface area contributed by atoms with Crippen LogP contribution in [0.5, 0.6) is 5.75 Å². The molecule has 8 heteroatoms. The van der Waals surface area contributed by atoms with Crippen LogP contribution in [0.3, 0.4) is 0 Å². The number of primary amides is 1. The van der Waals surface area contributed by atoms with Crippen LogP contribution in [0.1, 0.15) is 60.9 Å². The average Bonchev–Trinajstić information content (AvgIpc) is 3.38. The molecule has 0 aliphatic carbocycles. The fourth-order valence-corrected chi connectivity index (χ4v) is 3.68. The first-order chi connectivity index (χ1) is 16.0. The molecule has 2 aromatic heterocycles. The summed E-state index contributed by atoms with van der Waals surface area (Å²) in [6, 6.07) is 7.37. The monoisotopic (exact) mass is 467 g/mol. The van der Waals surface area contributed by atoms with Gasteiger partial charge < -0.3 is 24.5 Å². The van der Waals surface area contributed by atoms with E-state index in [4.69, 9.17) is 19.6 Å². The van der Waals surface area contributed by atoms with Crippen molar-refractivity contribution in [2.75, 3.05) is 13.1 Å². The molecule has 1 aliphatic heterocycles. The molecular formula is C26H33N3O5. The van der Waals surface area contributed by atoms with E-state index in [9.17, 15) is 9.59 Å². The number of nitrogens with two attached hydrogens (primary N) is 1. The molecule has 2 N–H and O–H groups in total. The quantitative estimate of drug-likeness (QED) is 0.569. The number of carbonyl (C=O) groups is 2. The minimum Gasteiger partial charge on any atom is -0.489 e. The SMILES string of the molecule is CC(C)(C)OC(=O)N1CCCC1.Cc1cncc(COc2ccc3oc(C)c(C(N)=O)c3c2)c1. The largest absolute Gasteiger partial charge is 0.489 e. The Bertz CT molecular complexity index is 1160. The number of hydrogen-bond acceptors (Lipinski definition) is 6. The van der Waals surface area contributed by atoms with Gasteiger partial charge in [0.25, 0.3) is 5.91 Å². The molecule has 1 saturated heterocycles. The fourth-order valence-electron chi connectivity index (χ4n) is 3.68. The molecule has 0 saturated carbocycles. The standard InChI is InChI=1S/C17H16N2O3.C9H17NO2/c1-10-5-12(8-19-7-10)9-21-13-3-4-15-14(6-13)16(17(18)20)11(2)22-15;1-9(2,3)12-8(11)10-6-4-5-7-10/h3-8H,9H2,1-2H3,(H2,18,20);4-7H2,1-3H3. The fraction of sp³-hybridized carbons (Fsp3) is 0.423. The predicted octanol–water partition coefficient (Wildman–Crippen LogP) is 5.14. The molecule has 1 aromatic carbocycles. The van der Waals surface area contributed by atoms with E-state index in [0.29, 0.717) is 34.6 Å². The van der Waals surface area contributed by atoms with Gasteiger partial charge in [-0.2, -0.15) is 0 Å². The number of hydrogen-bond donors (Lipinski definition) is 1. The first-order valence-corrected chi connectivity index (χ1v) is 11.4. The van der Waals surface area contributed by atoms with Crippen molar-refractivity contribution in [1.29, 1.82) is 0 Å². The lowest BCUT2D eigenvalue weighted by Crippen LogP contribution is -2.34. The minimum atomic E-state index is -0.503. The van der Waals surface area contributed by atoms with Crippen molar-refractivity contribution in [1.82, 2.24) is 9.88 Å². The summed E-state index contributed by atoms with van der Waals surface area (Å²) >= 11 is 0. The van der Waals surface area contributed by atoms with Gasteiger partial charge in [-0.25, -0.2) is 4.79 Å². The Balaban J connectivity index is 0.000000229. The Kier molecular flexibility index (Phi) is 7.81. The number of carbonyl (C=O) groups excluding carboxylic acids is 2. The molecule has 182 valence electrons. The first kappa shape index (κ1) is 25.1. The maximum absolute atomic E-state index is 11.5. The molecule has 0 atom stereocenters. The second-order valence-electron chi connectivity index (χ2n) is 9.39. The van der Waals surface area contributed by atoms with Crippen LogP contribution in [-0.4, -0.2) is 40.6 Å². The smallest absolute Gasteiger partial charge is 0.410 e. The number of ether oxygens (including phenoxy) is 2. The van der Waals surface area contributed by atoms with Gasteiger partial charge in [0, 0.05) is 36.4 Å². The summed E-state index contributed by atoms with van der Waals surface area (Å²) in [5.74, 6) is 0.663. The van der Waals surface area contributed by atoms with Crippen LogP contribution >= 0.6 is 0 Å². The van der Waals surface area contributed by atoms with Crippen molar-refractivity contribution in [2.45, 2.75) is 59.7 Å². The number of likely N-dealkylation sites (tertiary alicyclic amines) is 1. The molecule has 3 heterocycles. The summed E-state index contributed by atoms with van der Waals surface area (Å²) in [6.45, 7) is 11.5. The van der Waals surface area contributed by atoms with Crippen LogP contribution in [0.25, 0.3) is 11.0 Å². The molecule has 1 aliphatic rings. The summed E-state index contributed by atoms with van der Waals surface area (Å²) in [5, 5.41) is 0.671. The Morgan fingerprint density at radius 3 is 2.44 bits per heavy atom. The topological polar surface area (TPSA) is 108 Å². The third kappa shape index (κ3) is 6.73. The van der Waals surface area contributed by atoms with Gasteiger partial charge in [0.2, 0.25) is 0 Å². The number of fused-ring (bicyclic) bond motifs is 1. The maximum Gasteiger partial charge on any atom is 0.410 e. The number of amides is 2. The number of aromatic nitrogens is 1. The van der Waals surface area contributed by atoms with Gasteiger partial charge in [-0.15, -0.1) is 0 Å². The van der Waals surface area contributed by atoms with Crippen LogP contribution in [-0.2, 0) is 11.3 Å². The van der Waals surface area contributed by atoms with Gasteiger partial charge in [0.05, 0.1) is 5.56 Å². The molecule has 3 aromatic rings. The Morgan fingerprint density at radius 1 is 1.12 bits per heavy atom. The summed E-state index contributed by atoms with van der Waals surface area (Å²) in [4.78, 5) is 28.8. The number of pyridine rings is 1. The van der Waals surface area contributed by atoms with Crippen molar-refractivity contribution in [3.8, 4) is 5.75 Å². The second-order valence-corrected chi connectivity index (χ2v) is 9.39. The van der Waals surface area contributed by atoms with E-state index in [2.05, 4.69) is 4.98 Å². The molecule has 34 heavy (non-hydrogen) atoms. The lowest BCUT2D eigenvalue weighted by Gasteiger charge is -2.23. The normalized spacial score (nSPS) is 13.4. The van der Waals surface area contributed by atoms with Crippen molar-refractivity contribution >= 4 is 23.0 Å².